The van der Waals surface area contributed by atoms with Crippen LogP contribution in [-0.2, 0) is 0 Å². The van der Waals surface area contributed by atoms with E-state index in [1.54, 1.807) is 0 Å². The lowest BCUT2D eigenvalue weighted by molar-refractivity contribution is 1.25. The highest BCUT2D eigenvalue weighted by molar-refractivity contribution is 6.23. The van der Waals surface area contributed by atoms with E-state index in [0.29, 0.717) is 11.5 Å². The van der Waals surface area contributed by atoms with Crippen molar-refractivity contribution in [2.24, 2.45) is 15.0 Å². The van der Waals surface area contributed by atoms with Gasteiger partial charge in [-0.05, 0) is 60.2 Å². The number of hydrogen-bond acceptors (Lipinski definition) is 3. The summed E-state index contributed by atoms with van der Waals surface area (Å²) in [4.78, 5) is 19.8. The summed E-state index contributed by atoms with van der Waals surface area (Å²) >= 11 is 0. The van der Waals surface area contributed by atoms with Crippen LogP contribution in [0.5, 0.6) is 0 Å². The summed E-state index contributed by atoms with van der Waals surface area (Å²) in [6.45, 7) is 12.6. The standard InChI is InChI=1S/C44H38N4/c1-6-34-17-13-16-24-41(34)42(33(5)48-43-30(2)40-23-15-14-22-39(40)29-45-43)37-27-25-36(26-28-37)32(4)47-44(38-20-11-8-12-21-38)46-31(3)35-18-9-7-10-19-35/h6-29H,4H2,1-3,5H3/b34-6-,42-41+,46-31?,47-44?,48-33+. The molecule has 0 saturated heterocycles. The SMILES string of the molecule is C=C(N=C(N=C(C)c1ccccc1)c1ccccc1)c1ccc(C(/C(C)=N/c2ncc3ccccc3c2C)=c2\cccc\c2=C\C)cc1. The number of aromatic nitrogens is 1. The quantitative estimate of drug-likeness (QED) is 0.129. The molecule has 0 atom stereocenters. The minimum absolute atomic E-state index is 0.618. The van der Waals surface area contributed by atoms with Crippen LogP contribution in [0.3, 0.4) is 0 Å². The van der Waals surface area contributed by atoms with Crippen molar-refractivity contribution in [1.82, 2.24) is 4.98 Å². The molecule has 0 amide bonds. The summed E-state index contributed by atoms with van der Waals surface area (Å²) in [6, 6.07) is 45.3. The minimum Gasteiger partial charge on any atom is -0.236 e. The maximum atomic E-state index is 5.12. The molecular formula is C44H38N4. The van der Waals surface area contributed by atoms with E-state index < -0.39 is 0 Å². The van der Waals surface area contributed by atoms with E-state index in [1.165, 1.54) is 0 Å². The van der Waals surface area contributed by atoms with Crippen molar-refractivity contribution >= 4 is 51.2 Å². The van der Waals surface area contributed by atoms with E-state index >= 15 is 0 Å². The lowest BCUT2D eigenvalue weighted by Crippen LogP contribution is -2.28. The summed E-state index contributed by atoms with van der Waals surface area (Å²) in [5, 5.41) is 4.52. The van der Waals surface area contributed by atoms with Crippen LogP contribution >= 0.6 is 0 Å². The first-order chi connectivity index (χ1) is 23.4. The van der Waals surface area contributed by atoms with Gasteiger partial charge in [-0.15, -0.1) is 0 Å². The zero-order chi connectivity index (χ0) is 33.5. The Hall–Kier alpha value is -6.00. The molecule has 0 spiro atoms. The van der Waals surface area contributed by atoms with E-state index in [1.807, 2.05) is 67.7 Å². The largest absolute Gasteiger partial charge is 0.236 e. The fraction of sp³-hybridized carbons (Fsp3) is 0.0909. The zero-order valence-corrected chi connectivity index (χ0v) is 27.9. The Morgan fingerprint density at radius 3 is 1.96 bits per heavy atom. The third-order valence-electron chi connectivity index (χ3n) is 8.45. The second kappa shape index (κ2) is 14.6. The van der Waals surface area contributed by atoms with Gasteiger partial charge in [-0.3, -0.25) is 0 Å². The predicted molar refractivity (Wildman–Crippen MR) is 205 cm³/mol. The number of rotatable bonds is 7. The van der Waals surface area contributed by atoms with Crippen LogP contribution in [0.1, 0.15) is 48.6 Å². The third kappa shape index (κ3) is 7.03. The first-order valence-corrected chi connectivity index (χ1v) is 16.1. The first-order valence-electron chi connectivity index (χ1n) is 16.1. The number of aliphatic imine (C=N–C) groups is 3. The Labute approximate surface area is 282 Å². The molecule has 234 valence electrons. The Balaban J connectivity index is 1.42. The molecule has 0 fully saturated rings. The number of fused-ring (bicyclic) bond motifs is 1. The van der Waals surface area contributed by atoms with Crippen molar-refractivity contribution in [3.8, 4) is 0 Å². The van der Waals surface area contributed by atoms with E-state index in [9.17, 15) is 0 Å². The summed E-state index contributed by atoms with van der Waals surface area (Å²) in [6.07, 6.45) is 4.04. The van der Waals surface area contributed by atoms with Gasteiger partial charge in [0.1, 0.15) is 0 Å². The molecule has 0 radical (unpaired) electrons. The highest BCUT2D eigenvalue weighted by atomic mass is 14.9. The van der Waals surface area contributed by atoms with E-state index in [-0.39, 0.29) is 0 Å². The predicted octanol–water partition coefficient (Wildman–Crippen LogP) is 9.26. The average molecular weight is 623 g/mol. The monoisotopic (exact) mass is 622 g/mol. The minimum atomic E-state index is 0.618. The zero-order valence-electron chi connectivity index (χ0n) is 27.9. The summed E-state index contributed by atoms with van der Waals surface area (Å²) in [5.74, 6) is 1.34. The second-order valence-electron chi connectivity index (χ2n) is 11.6. The van der Waals surface area contributed by atoms with Crippen LogP contribution in [0.15, 0.2) is 161 Å². The van der Waals surface area contributed by atoms with Crippen molar-refractivity contribution in [1.29, 1.82) is 0 Å². The maximum absolute atomic E-state index is 5.12. The normalized spacial score (nSPS) is 13.5. The molecule has 4 heteroatoms. The van der Waals surface area contributed by atoms with E-state index in [4.69, 9.17) is 20.0 Å². The number of nitrogens with zero attached hydrogens (tertiary/aromatic N) is 4. The van der Waals surface area contributed by atoms with Crippen LogP contribution < -0.4 is 10.4 Å². The Morgan fingerprint density at radius 2 is 1.25 bits per heavy atom. The van der Waals surface area contributed by atoms with Crippen LogP contribution in [0, 0.1) is 6.92 Å². The Bertz CT molecular complexity index is 2310. The lowest BCUT2D eigenvalue weighted by Gasteiger charge is -2.12. The lowest BCUT2D eigenvalue weighted by atomic mass is 9.96. The van der Waals surface area contributed by atoms with Crippen LogP contribution in [-0.4, -0.2) is 22.2 Å². The van der Waals surface area contributed by atoms with Crippen molar-refractivity contribution in [2.75, 3.05) is 0 Å². The molecular weight excluding hydrogens is 585 g/mol. The smallest absolute Gasteiger partial charge is 0.160 e. The van der Waals surface area contributed by atoms with Gasteiger partial charge in [0.2, 0.25) is 0 Å². The number of hydrogen-bond donors (Lipinski definition) is 0. The van der Waals surface area contributed by atoms with Crippen LogP contribution in [0.2, 0.25) is 0 Å². The number of aryl methyl sites for hydroxylation is 1. The molecule has 0 bridgehead atoms. The van der Waals surface area contributed by atoms with E-state index in [0.717, 1.165) is 71.8 Å². The third-order valence-corrected chi connectivity index (χ3v) is 8.45. The van der Waals surface area contributed by atoms with Gasteiger partial charge in [0.15, 0.2) is 11.7 Å². The fourth-order valence-corrected chi connectivity index (χ4v) is 5.83. The molecule has 1 aromatic heterocycles. The van der Waals surface area contributed by atoms with Crippen molar-refractivity contribution in [2.45, 2.75) is 27.7 Å². The molecule has 0 aliphatic carbocycles. The molecule has 48 heavy (non-hydrogen) atoms. The Kier molecular flexibility index (Phi) is 9.73. The van der Waals surface area contributed by atoms with Gasteiger partial charge in [-0.25, -0.2) is 20.0 Å². The molecule has 0 saturated carbocycles. The molecule has 6 aromatic rings. The van der Waals surface area contributed by atoms with E-state index in [2.05, 4.69) is 112 Å². The molecule has 1 heterocycles. The van der Waals surface area contributed by atoms with Crippen LogP contribution in [0.4, 0.5) is 5.82 Å². The molecule has 4 nitrogen and oxygen atoms in total. The molecule has 0 N–H and O–H groups in total. The van der Waals surface area contributed by atoms with Gasteiger partial charge >= 0.3 is 0 Å². The van der Waals surface area contributed by atoms with Gasteiger partial charge in [0.05, 0.1) is 5.70 Å². The second-order valence-corrected chi connectivity index (χ2v) is 11.6. The summed E-state index contributed by atoms with van der Waals surface area (Å²) in [7, 11) is 0. The van der Waals surface area contributed by atoms with Gasteiger partial charge in [0, 0.05) is 39.7 Å². The molecule has 5 aromatic carbocycles. The number of pyridine rings is 1. The summed E-state index contributed by atoms with van der Waals surface area (Å²) in [5.41, 5.74) is 8.46. The topological polar surface area (TPSA) is 50.0 Å². The molecule has 0 unspecified atom stereocenters. The fourth-order valence-electron chi connectivity index (χ4n) is 5.83. The average Bonchev–Trinajstić information content (AvgIpc) is 3.14. The number of benzene rings is 5. The van der Waals surface area contributed by atoms with Crippen molar-refractivity contribution < 1.29 is 0 Å². The highest BCUT2D eigenvalue weighted by Gasteiger charge is 2.12. The van der Waals surface area contributed by atoms with Gasteiger partial charge < -0.3 is 0 Å². The van der Waals surface area contributed by atoms with Crippen LogP contribution in [0.25, 0.3) is 28.1 Å². The molecule has 0 aliphatic rings. The van der Waals surface area contributed by atoms with Crippen molar-refractivity contribution in [3.63, 3.8) is 0 Å². The van der Waals surface area contributed by atoms with Gasteiger partial charge in [0.25, 0.3) is 0 Å². The Morgan fingerprint density at radius 1 is 0.646 bits per heavy atom. The first kappa shape index (κ1) is 32.0. The maximum Gasteiger partial charge on any atom is 0.160 e. The van der Waals surface area contributed by atoms with Crippen molar-refractivity contribution in [3.05, 3.63) is 184 Å². The van der Waals surface area contributed by atoms with Gasteiger partial charge in [-0.1, -0.05) is 146 Å². The van der Waals surface area contributed by atoms with Gasteiger partial charge in [-0.2, -0.15) is 0 Å². The molecule has 6 rings (SSSR count). The molecule has 0 aliphatic heterocycles. The highest BCUT2D eigenvalue weighted by Crippen LogP contribution is 2.27. The summed E-state index contributed by atoms with van der Waals surface area (Å²) < 4.78 is 0. The number of amidine groups is 1.